The Morgan fingerprint density at radius 1 is 1.17 bits per heavy atom. The van der Waals surface area contributed by atoms with Crippen molar-refractivity contribution < 1.29 is 23.0 Å². The van der Waals surface area contributed by atoms with E-state index in [1.54, 1.807) is 0 Å². The second-order valence-corrected chi connectivity index (χ2v) is 4.96. The van der Waals surface area contributed by atoms with Gasteiger partial charge in [0, 0.05) is 25.2 Å². The van der Waals surface area contributed by atoms with Crippen molar-refractivity contribution in [2.75, 3.05) is 13.2 Å². The number of carbonyl (C=O) groups is 1. The quantitative estimate of drug-likeness (QED) is 0.782. The van der Waals surface area contributed by atoms with Crippen LogP contribution in [0.4, 0.5) is 8.78 Å². The maximum Gasteiger partial charge on any atom is 0.266 e. The standard InChI is InChI=1S/C13H18F2O3/c14-12(15)5-6-13-17-7-10(8-18-13)9-1-3-11(16)4-2-9/h5,9-10,13H,1-4,6-8H2. The maximum absolute atomic E-state index is 11.9. The first-order valence-corrected chi connectivity index (χ1v) is 6.41. The first-order valence-electron chi connectivity index (χ1n) is 6.41. The third-order valence-electron chi connectivity index (χ3n) is 3.71. The summed E-state index contributed by atoms with van der Waals surface area (Å²) in [4.78, 5) is 11.2. The molecule has 0 bridgehead atoms. The van der Waals surface area contributed by atoms with Crippen LogP contribution in [0.5, 0.6) is 0 Å². The molecule has 1 saturated heterocycles. The lowest BCUT2D eigenvalue weighted by Gasteiger charge is -2.35. The van der Waals surface area contributed by atoms with Gasteiger partial charge < -0.3 is 9.47 Å². The summed E-state index contributed by atoms with van der Waals surface area (Å²) in [7, 11) is 0. The smallest absolute Gasteiger partial charge is 0.266 e. The minimum Gasteiger partial charge on any atom is -0.352 e. The number of carbonyl (C=O) groups excluding carboxylic acids is 1. The van der Waals surface area contributed by atoms with Gasteiger partial charge in [-0.3, -0.25) is 4.79 Å². The molecule has 3 nitrogen and oxygen atoms in total. The molecule has 2 rings (SSSR count). The number of ether oxygens (including phenoxy) is 2. The average Bonchev–Trinajstić information content (AvgIpc) is 2.38. The summed E-state index contributed by atoms with van der Waals surface area (Å²) >= 11 is 0. The number of halogens is 2. The minimum atomic E-state index is -1.70. The van der Waals surface area contributed by atoms with E-state index in [4.69, 9.17) is 9.47 Å². The zero-order valence-corrected chi connectivity index (χ0v) is 10.2. The highest BCUT2D eigenvalue weighted by Crippen LogP contribution is 2.31. The van der Waals surface area contributed by atoms with Gasteiger partial charge >= 0.3 is 0 Å². The van der Waals surface area contributed by atoms with Crippen molar-refractivity contribution in [3.63, 3.8) is 0 Å². The molecule has 0 atom stereocenters. The summed E-state index contributed by atoms with van der Waals surface area (Å²) in [6.07, 6.45) is 1.78. The van der Waals surface area contributed by atoms with E-state index in [2.05, 4.69) is 0 Å². The molecule has 0 N–H and O–H groups in total. The van der Waals surface area contributed by atoms with E-state index in [0.717, 1.165) is 18.9 Å². The summed E-state index contributed by atoms with van der Waals surface area (Å²) in [6.45, 7) is 1.09. The maximum atomic E-state index is 11.9. The van der Waals surface area contributed by atoms with Gasteiger partial charge in [-0.1, -0.05) is 0 Å². The molecule has 1 saturated carbocycles. The molecule has 0 amide bonds. The second kappa shape index (κ2) is 6.38. The van der Waals surface area contributed by atoms with Crippen molar-refractivity contribution in [3.8, 4) is 0 Å². The van der Waals surface area contributed by atoms with Crippen LogP contribution in [0.25, 0.3) is 0 Å². The van der Waals surface area contributed by atoms with E-state index in [0.29, 0.717) is 43.7 Å². The largest absolute Gasteiger partial charge is 0.352 e. The van der Waals surface area contributed by atoms with E-state index in [1.807, 2.05) is 0 Å². The highest BCUT2D eigenvalue weighted by atomic mass is 19.3. The fourth-order valence-electron chi connectivity index (χ4n) is 2.59. The molecule has 0 unspecified atom stereocenters. The van der Waals surface area contributed by atoms with E-state index in [1.165, 1.54) is 0 Å². The van der Waals surface area contributed by atoms with Crippen LogP contribution < -0.4 is 0 Å². The Labute approximate surface area is 105 Å². The summed E-state index contributed by atoms with van der Waals surface area (Å²) in [5, 5.41) is 0. The number of hydrogen-bond donors (Lipinski definition) is 0. The van der Waals surface area contributed by atoms with Gasteiger partial charge in [0.2, 0.25) is 0 Å². The molecule has 18 heavy (non-hydrogen) atoms. The monoisotopic (exact) mass is 260 g/mol. The van der Waals surface area contributed by atoms with Gasteiger partial charge in [-0.25, -0.2) is 0 Å². The molecule has 1 aliphatic heterocycles. The molecule has 5 heteroatoms. The van der Waals surface area contributed by atoms with Crippen LogP contribution in [0.2, 0.25) is 0 Å². The van der Waals surface area contributed by atoms with Crippen LogP contribution in [0.3, 0.4) is 0 Å². The molecule has 1 heterocycles. The number of Topliss-reactive ketones (excluding diaryl/α,β-unsaturated/α-hetero) is 1. The molecular formula is C13H18F2O3. The Morgan fingerprint density at radius 2 is 1.78 bits per heavy atom. The fourth-order valence-corrected chi connectivity index (χ4v) is 2.59. The zero-order valence-electron chi connectivity index (χ0n) is 10.2. The predicted octanol–water partition coefficient (Wildman–Crippen LogP) is 2.91. The van der Waals surface area contributed by atoms with Crippen molar-refractivity contribution >= 4 is 5.78 Å². The first kappa shape index (κ1) is 13.6. The Hall–Kier alpha value is -0.810. The van der Waals surface area contributed by atoms with Gasteiger partial charge in [-0.2, -0.15) is 8.78 Å². The van der Waals surface area contributed by atoms with E-state index < -0.39 is 12.4 Å². The third-order valence-corrected chi connectivity index (χ3v) is 3.71. The van der Waals surface area contributed by atoms with Crippen LogP contribution >= 0.6 is 0 Å². The van der Waals surface area contributed by atoms with Gasteiger partial charge in [0.1, 0.15) is 5.78 Å². The van der Waals surface area contributed by atoms with Crippen LogP contribution in [-0.2, 0) is 14.3 Å². The summed E-state index contributed by atoms with van der Waals surface area (Å²) in [5.74, 6) is 1.11. The normalized spacial score (nSPS) is 30.2. The van der Waals surface area contributed by atoms with Crippen LogP contribution in [0.1, 0.15) is 32.1 Å². The van der Waals surface area contributed by atoms with Gasteiger partial charge in [0.05, 0.1) is 13.2 Å². The Kier molecular flexibility index (Phi) is 4.83. The van der Waals surface area contributed by atoms with Crippen molar-refractivity contribution in [3.05, 3.63) is 12.2 Å². The topological polar surface area (TPSA) is 35.5 Å². The number of rotatable bonds is 3. The molecule has 0 aromatic carbocycles. The third kappa shape index (κ3) is 3.85. The molecule has 2 fully saturated rings. The summed E-state index contributed by atoms with van der Waals surface area (Å²) < 4.78 is 34.7. The molecule has 1 aliphatic carbocycles. The Balaban J connectivity index is 1.73. The second-order valence-electron chi connectivity index (χ2n) is 4.96. The van der Waals surface area contributed by atoms with Gasteiger partial charge in [-0.15, -0.1) is 0 Å². The highest BCUT2D eigenvalue weighted by molar-refractivity contribution is 5.79. The molecule has 2 aliphatic rings. The average molecular weight is 260 g/mol. The van der Waals surface area contributed by atoms with Crippen LogP contribution in [0.15, 0.2) is 12.2 Å². The Morgan fingerprint density at radius 3 is 2.33 bits per heavy atom. The summed E-state index contributed by atoms with van der Waals surface area (Å²) in [5.41, 5.74) is 0. The number of ketones is 1. The first-order chi connectivity index (χ1) is 8.65. The van der Waals surface area contributed by atoms with Crippen molar-refractivity contribution in [1.29, 1.82) is 0 Å². The molecule has 0 aromatic heterocycles. The molecule has 0 spiro atoms. The zero-order chi connectivity index (χ0) is 13.0. The van der Waals surface area contributed by atoms with Crippen molar-refractivity contribution in [2.24, 2.45) is 11.8 Å². The predicted molar refractivity (Wildman–Crippen MR) is 61.1 cm³/mol. The van der Waals surface area contributed by atoms with E-state index in [9.17, 15) is 13.6 Å². The SMILES string of the molecule is O=C1CCC(C2COC(CC=C(F)F)OC2)CC1. The lowest BCUT2D eigenvalue weighted by molar-refractivity contribution is -0.207. The molecular weight excluding hydrogens is 242 g/mol. The fraction of sp³-hybridized carbons (Fsp3) is 0.769. The van der Waals surface area contributed by atoms with Crippen LogP contribution in [-0.4, -0.2) is 25.3 Å². The number of hydrogen-bond acceptors (Lipinski definition) is 3. The lowest BCUT2D eigenvalue weighted by atomic mass is 9.80. The van der Waals surface area contributed by atoms with E-state index >= 15 is 0 Å². The molecule has 0 radical (unpaired) electrons. The van der Waals surface area contributed by atoms with Crippen molar-refractivity contribution in [1.82, 2.24) is 0 Å². The molecule has 102 valence electrons. The van der Waals surface area contributed by atoms with Crippen LogP contribution in [0, 0.1) is 11.8 Å². The lowest BCUT2D eigenvalue weighted by Crippen LogP contribution is -2.37. The summed E-state index contributed by atoms with van der Waals surface area (Å²) in [6, 6.07) is 0. The van der Waals surface area contributed by atoms with Gasteiger partial charge in [0.25, 0.3) is 6.08 Å². The van der Waals surface area contributed by atoms with E-state index in [-0.39, 0.29) is 6.42 Å². The Bertz CT molecular complexity index is 308. The molecule has 0 aromatic rings. The van der Waals surface area contributed by atoms with Gasteiger partial charge in [0.15, 0.2) is 6.29 Å². The highest BCUT2D eigenvalue weighted by Gasteiger charge is 2.31. The van der Waals surface area contributed by atoms with Gasteiger partial charge in [-0.05, 0) is 24.8 Å². The van der Waals surface area contributed by atoms with Crippen molar-refractivity contribution in [2.45, 2.75) is 38.4 Å². The minimum absolute atomic E-state index is 0.0954.